The molecule has 4 nitrogen and oxygen atoms in total. The van der Waals surface area contributed by atoms with Gasteiger partial charge in [0, 0.05) is 44.3 Å². The summed E-state index contributed by atoms with van der Waals surface area (Å²) in [5, 5.41) is 0. The van der Waals surface area contributed by atoms with E-state index >= 15 is 0 Å². The molecule has 1 aromatic carbocycles. The minimum absolute atomic E-state index is 0.221. The van der Waals surface area contributed by atoms with Crippen LogP contribution in [0, 0.1) is 6.92 Å². The highest BCUT2D eigenvalue weighted by Crippen LogP contribution is 2.18. The van der Waals surface area contributed by atoms with E-state index in [4.69, 9.17) is 0 Å². The highest BCUT2D eigenvalue weighted by molar-refractivity contribution is 5.79. The summed E-state index contributed by atoms with van der Waals surface area (Å²) >= 11 is 0. The van der Waals surface area contributed by atoms with Gasteiger partial charge in [-0.3, -0.25) is 4.79 Å². The number of H-pyrrole nitrogens is 1. The van der Waals surface area contributed by atoms with Crippen LogP contribution in [0.25, 0.3) is 0 Å². The number of hydrogen-bond donors (Lipinski definition) is 1. The summed E-state index contributed by atoms with van der Waals surface area (Å²) < 4.78 is 0. The maximum atomic E-state index is 12.3. The van der Waals surface area contributed by atoms with Gasteiger partial charge in [0.1, 0.15) is 0 Å². The molecule has 1 aliphatic heterocycles. The number of piperazine rings is 1. The van der Waals surface area contributed by atoms with Gasteiger partial charge in [0.05, 0.1) is 6.42 Å². The summed E-state index contributed by atoms with van der Waals surface area (Å²) in [6.45, 7) is 5.53. The first-order valence-corrected chi connectivity index (χ1v) is 7.43. The van der Waals surface area contributed by atoms with Gasteiger partial charge in [-0.15, -0.1) is 0 Å². The molecule has 3 rings (SSSR count). The molecule has 4 heteroatoms. The summed E-state index contributed by atoms with van der Waals surface area (Å²) in [6, 6.07) is 10.5. The van der Waals surface area contributed by atoms with E-state index in [1.54, 1.807) is 0 Å². The van der Waals surface area contributed by atoms with Crippen molar-refractivity contribution in [2.45, 2.75) is 13.3 Å². The number of carbonyl (C=O) groups is 1. The summed E-state index contributed by atoms with van der Waals surface area (Å²) in [5.41, 5.74) is 3.59. The van der Waals surface area contributed by atoms with E-state index in [0.717, 1.165) is 31.7 Å². The number of aromatic amines is 1. The van der Waals surface area contributed by atoms with Crippen LogP contribution >= 0.6 is 0 Å². The van der Waals surface area contributed by atoms with E-state index < -0.39 is 0 Å². The van der Waals surface area contributed by atoms with Gasteiger partial charge in [0.25, 0.3) is 0 Å². The highest BCUT2D eigenvalue weighted by Gasteiger charge is 2.21. The van der Waals surface area contributed by atoms with Crippen molar-refractivity contribution in [2.24, 2.45) is 0 Å². The van der Waals surface area contributed by atoms with Crippen LogP contribution in [0.1, 0.15) is 11.1 Å². The molecule has 2 aromatic rings. The van der Waals surface area contributed by atoms with Gasteiger partial charge < -0.3 is 14.8 Å². The third-order valence-electron chi connectivity index (χ3n) is 4.02. The smallest absolute Gasteiger partial charge is 0.227 e. The standard InChI is InChI=1S/C17H21N3O/c1-14-3-2-4-16(11-14)19-7-9-20(10-8-19)17(21)12-15-5-6-18-13-15/h2-6,11,13,18H,7-10,12H2,1H3. The second kappa shape index (κ2) is 6.04. The fourth-order valence-corrected chi connectivity index (χ4v) is 2.79. The van der Waals surface area contributed by atoms with Crippen LogP contribution in [-0.2, 0) is 11.2 Å². The van der Waals surface area contributed by atoms with E-state index in [9.17, 15) is 4.79 Å². The number of nitrogens with zero attached hydrogens (tertiary/aromatic N) is 2. The number of hydrogen-bond acceptors (Lipinski definition) is 2. The first-order chi connectivity index (χ1) is 10.2. The number of rotatable bonds is 3. The number of aromatic nitrogens is 1. The molecule has 0 radical (unpaired) electrons. The van der Waals surface area contributed by atoms with Crippen LogP contribution in [0.15, 0.2) is 42.7 Å². The Morgan fingerprint density at radius 2 is 2.00 bits per heavy atom. The zero-order valence-electron chi connectivity index (χ0n) is 12.4. The molecule has 1 fully saturated rings. The summed E-state index contributed by atoms with van der Waals surface area (Å²) in [5.74, 6) is 0.221. The van der Waals surface area contributed by atoms with Gasteiger partial charge in [-0.05, 0) is 36.2 Å². The van der Waals surface area contributed by atoms with Gasteiger partial charge in [-0.2, -0.15) is 0 Å². The van der Waals surface area contributed by atoms with Crippen molar-refractivity contribution < 1.29 is 4.79 Å². The van der Waals surface area contributed by atoms with Crippen LogP contribution in [-0.4, -0.2) is 42.0 Å². The van der Waals surface area contributed by atoms with Gasteiger partial charge in [-0.1, -0.05) is 12.1 Å². The van der Waals surface area contributed by atoms with Crippen molar-refractivity contribution in [3.05, 3.63) is 53.9 Å². The molecule has 0 aliphatic carbocycles. The average Bonchev–Trinajstić information content (AvgIpc) is 3.00. The average molecular weight is 283 g/mol. The van der Waals surface area contributed by atoms with Gasteiger partial charge in [-0.25, -0.2) is 0 Å². The van der Waals surface area contributed by atoms with E-state index in [-0.39, 0.29) is 5.91 Å². The number of anilines is 1. The molecule has 0 unspecified atom stereocenters. The van der Waals surface area contributed by atoms with Crippen molar-refractivity contribution in [3.63, 3.8) is 0 Å². The van der Waals surface area contributed by atoms with Crippen LogP contribution in [0.4, 0.5) is 5.69 Å². The Morgan fingerprint density at radius 1 is 1.19 bits per heavy atom. The molecule has 0 atom stereocenters. The molecule has 1 N–H and O–H groups in total. The number of nitrogens with one attached hydrogen (secondary N) is 1. The molecule has 1 amide bonds. The lowest BCUT2D eigenvalue weighted by atomic mass is 10.1. The number of carbonyl (C=O) groups excluding carboxylic acids is 1. The fraction of sp³-hybridized carbons (Fsp3) is 0.353. The highest BCUT2D eigenvalue weighted by atomic mass is 16.2. The zero-order chi connectivity index (χ0) is 14.7. The second-order valence-corrected chi connectivity index (χ2v) is 5.60. The Labute approximate surface area is 125 Å². The molecule has 1 aromatic heterocycles. The van der Waals surface area contributed by atoms with Crippen LogP contribution < -0.4 is 4.90 Å². The number of benzene rings is 1. The topological polar surface area (TPSA) is 39.3 Å². The SMILES string of the molecule is Cc1cccc(N2CCN(C(=O)Cc3cc[nH]c3)CC2)c1. The zero-order valence-corrected chi connectivity index (χ0v) is 12.4. The molecule has 1 aliphatic rings. The number of amides is 1. The molecule has 21 heavy (non-hydrogen) atoms. The van der Waals surface area contributed by atoms with Crippen molar-refractivity contribution in [2.75, 3.05) is 31.1 Å². The minimum atomic E-state index is 0.221. The number of aryl methyl sites for hydroxylation is 1. The molecule has 0 bridgehead atoms. The molecular weight excluding hydrogens is 262 g/mol. The molecule has 1 saturated heterocycles. The van der Waals surface area contributed by atoms with Crippen molar-refractivity contribution in [1.29, 1.82) is 0 Å². The Bertz CT molecular complexity index is 598. The third-order valence-corrected chi connectivity index (χ3v) is 4.02. The predicted octanol–water partition coefficient (Wildman–Crippen LogP) is 2.21. The summed E-state index contributed by atoms with van der Waals surface area (Å²) in [7, 11) is 0. The molecule has 0 spiro atoms. The van der Waals surface area contributed by atoms with Crippen molar-refractivity contribution >= 4 is 11.6 Å². The molecular formula is C17H21N3O. The Hall–Kier alpha value is -2.23. The Balaban J connectivity index is 1.56. The van der Waals surface area contributed by atoms with E-state index in [1.807, 2.05) is 23.4 Å². The quantitative estimate of drug-likeness (QED) is 0.938. The van der Waals surface area contributed by atoms with Crippen LogP contribution in [0.5, 0.6) is 0 Å². The predicted molar refractivity (Wildman–Crippen MR) is 84.5 cm³/mol. The fourth-order valence-electron chi connectivity index (χ4n) is 2.79. The maximum absolute atomic E-state index is 12.3. The third kappa shape index (κ3) is 3.27. The largest absolute Gasteiger partial charge is 0.368 e. The van der Waals surface area contributed by atoms with Crippen LogP contribution in [0.2, 0.25) is 0 Å². The summed E-state index contributed by atoms with van der Waals surface area (Å²) in [4.78, 5) is 19.6. The van der Waals surface area contributed by atoms with Gasteiger partial charge >= 0.3 is 0 Å². The first-order valence-electron chi connectivity index (χ1n) is 7.43. The molecule has 110 valence electrons. The van der Waals surface area contributed by atoms with Crippen molar-refractivity contribution in [1.82, 2.24) is 9.88 Å². The minimum Gasteiger partial charge on any atom is -0.368 e. The second-order valence-electron chi connectivity index (χ2n) is 5.60. The molecule has 0 saturated carbocycles. The monoisotopic (exact) mass is 283 g/mol. The lowest BCUT2D eigenvalue weighted by Gasteiger charge is -2.36. The lowest BCUT2D eigenvalue weighted by molar-refractivity contribution is -0.130. The first kappa shape index (κ1) is 13.7. The van der Waals surface area contributed by atoms with E-state index in [1.165, 1.54) is 11.3 Å². The summed E-state index contributed by atoms with van der Waals surface area (Å²) in [6.07, 6.45) is 4.24. The Morgan fingerprint density at radius 3 is 2.67 bits per heavy atom. The van der Waals surface area contributed by atoms with Gasteiger partial charge in [0.15, 0.2) is 0 Å². The van der Waals surface area contributed by atoms with E-state index in [2.05, 4.69) is 41.1 Å². The molecule has 2 heterocycles. The lowest BCUT2D eigenvalue weighted by Crippen LogP contribution is -2.49. The van der Waals surface area contributed by atoms with Crippen LogP contribution in [0.3, 0.4) is 0 Å². The normalized spacial score (nSPS) is 15.3. The van der Waals surface area contributed by atoms with Gasteiger partial charge in [0.2, 0.25) is 5.91 Å². The van der Waals surface area contributed by atoms with E-state index in [0.29, 0.717) is 6.42 Å². The maximum Gasteiger partial charge on any atom is 0.227 e. The Kier molecular flexibility index (Phi) is 3.95. The van der Waals surface area contributed by atoms with Crippen molar-refractivity contribution in [3.8, 4) is 0 Å².